The van der Waals surface area contributed by atoms with Gasteiger partial charge in [0.25, 0.3) is 0 Å². The van der Waals surface area contributed by atoms with E-state index in [1.54, 1.807) is 0 Å². The van der Waals surface area contributed by atoms with Crippen LogP contribution in [0.4, 0.5) is 0 Å². The number of hydrogen-bond acceptors (Lipinski definition) is 3. The molecule has 3 nitrogen and oxygen atoms in total. The molecule has 1 atom stereocenters. The largest absolute Gasteiger partial charge is 0.492 e. The normalized spacial score (nSPS) is 16.9. The summed E-state index contributed by atoms with van der Waals surface area (Å²) in [5, 5.41) is 3.37. The number of nitrogens with one attached hydrogen (secondary N) is 1. The lowest BCUT2D eigenvalue weighted by molar-refractivity contribution is 0.131. The lowest BCUT2D eigenvalue weighted by Gasteiger charge is -2.32. The third kappa shape index (κ3) is 5.57. The van der Waals surface area contributed by atoms with Crippen molar-refractivity contribution in [2.45, 2.75) is 19.9 Å². The van der Waals surface area contributed by atoms with Crippen molar-refractivity contribution in [2.75, 3.05) is 32.8 Å². The van der Waals surface area contributed by atoms with Gasteiger partial charge in [0.2, 0.25) is 0 Å². The maximum atomic E-state index is 5.89. The van der Waals surface area contributed by atoms with Gasteiger partial charge in [-0.2, -0.15) is 0 Å². The molecule has 1 aromatic carbocycles. The van der Waals surface area contributed by atoms with E-state index in [2.05, 4.69) is 30.1 Å². The Kier molecular flexibility index (Phi) is 9.19. The number of rotatable bonds is 4. The molecule has 0 radical (unpaired) electrons. The van der Waals surface area contributed by atoms with Crippen molar-refractivity contribution < 1.29 is 4.74 Å². The summed E-state index contributed by atoms with van der Waals surface area (Å²) in [4.78, 5) is 2.48. The van der Waals surface area contributed by atoms with Crippen LogP contribution in [0.3, 0.4) is 0 Å². The van der Waals surface area contributed by atoms with Crippen LogP contribution in [0.2, 0.25) is 0 Å². The molecule has 0 saturated carbocycles. The van der Waals surface area contributed by atoms with E-state index in [1.807, 2.05) is 18.2 Å². The van der Waals surface area contributed by atoms with Crippen LogP contribution in [-0.4, -0.2) is 43.7 Å². The molecular weight excluding hydrogens is 283 g/mol. The first-order valence-electron chi connectivity index (χ1n) is 6.40. The summed E-state index contributed by atoms with van der Waals surface area (Å²) in [5.41, 5.74) is 1.21. The number of ether oxygens (including phenoxy) is 1. The van der Waals surface area contributed by atoms with Gasteiger partial charge in [-0.25, -0.2) is 0 Å². The standard InChI is InChI=1S/C14H22N2O.2ClH/c1-12-5-3-4-6-14(12)17-11-13(2)16-9-7-15-8-10-16;;/h3-6,13,15H,7-11H2,1-2H3;2*1H. The molecule has 0 bridgehead atoms. The Morgan fingerprint density at radius 3 is 2.47 bits per heavy atom. The molecule has 5 heteroatoms. The predicted octanol–water partition coefficient (Wildman–Crippen LogP) is 2.51. The van der Waals surface area contributed by atoms with Crippen molar-refractivity contribution in [3.63, 3.8) is 0 Å². The average molecular weight is 307 g/mol. The van der Waals surface area contributed by atoms with Gasteiger partial charge in [-0.05, 0) is 25.5 Å². The molecule has 1 unspecified atom stereocenters. The maximum Gasteiger partial charge on any atom is 0.122 e. The monoisotopic (exact) mass is 306 g/mol. The number of nitrogens with zero attached hydrogens (tertiary/aromatic N) is 1. The van der Waals surface area contributed by atoms with Crippen LogP contribution in [0.15, 0.2) is 24.3 Å². The summed E-state index contributed by atoms with van der Waals surface area (Å²) in [7, 11) is 0. The molecule has 1 aliphatic rings. The van der Waals surface area contributed by atoms with Crippen LogP contribution >= 0.6 is 24.8 Å². The highest BCUT2D eigenvalue weighted by molar-refractivity contribution is 5.85. The highest BCUT2D eigenvalue weighted by atomic mass is 35.5. The zero-order valence-corrected chi connectivity index (χ0v) is 13.2. The lowest BCUT2D eigenvalue weighted by atomic mass is 10.2. The van der Waals surface area contributed by atoms with Gasteiger partial charge < -0.3 is 10.1 Å². The molecule has 0 spiro atoms. The second kappa shape index (κ2) is 9.43. The number of piperazine rings is 1. The molecule has 2 rings (SSSR count). The van der Waals surface area contributed by atoms with E-state index in [9.17, 15) is 0 Å². The van der Waals surface area contributed by atoms with Gasteiger partial charge in [-0.3, -0.25) is 4.90 Å². The van der Waals surface area contributed by atoms with E-state index in [1.165, 1.54) is 5.56 Å². The second-order valence-electron chi connectivity index (χ2n) is 4.71. The first-order valence-corrected chi connectivity index (χ1v) is 6.40. The molecule has 1 fully saturated rings. The Bertz CT molecular complexity index is 357. The third-order valence-corrected chi connectivity index (χ3v) is 3.35. The molecular formula is C14H24Cl2N2O. The highest BCUT2D eigenvalue weighted by Crippen LogP contribution is 2.16. The SMILES string of the molecule is Cc1ccccc1OCC(C)N1CCNCC1.Cl.Cl. The van der Waals surface area contributed by atoms with Crippen molar-refractivity contribution in [2.24, 2.45) is 0 Å². The van der Waals surface area contributed by atoms with E-state index in [0.29, 0.717) is 6.04 Å². The summed E-state index contributed by atoms with van der Waals surface area (Å²) >= 11 is 0. The summed E-state index contributed by atoms with van der Waals surface area (Å²) in [6, 6.07) is 8.68. The molecule has 1 heterocycles. The number of halogens is 2. The van der Waals surface area contributed by atoms with E-state index in [0.717, 1.165) is 38.5 Å². The topological polar surface area (TPSA) is 24.5 Å². The van der Waals surface area contributed by atoms with Crippen molar-refractivity contribution in [1.29, 1.82) is 0 Å². The van der Waals surface area contributed by atoms with Crippen molar-refractivity contribution in [3.8, 4) is 5.75 Å². The van der Waals surface area contributed by atoms with Gasteiger partial charge in [-0.15, -0.1) is 24.8 Å². The van der Waals surface area contributed by atoms with Gasteiger partial charge in [-0.1, -0.05) is 18.2 Å². The minimum atomic E-state index is 0. The zero-order chi connectivity index (χ0) is 12.1. The Morgan fingerprint density at radius 2 is 1.84 bits per heavy atom. The van der Waals surface area contributed by atoms with E-state index in [-0.39, 0.29) is 24.8 Å². The second-order valence-corrected chi connectivity index (χ2v) is 4.71. The van der Waals surface area contributed by atoms with Crippen LogP contribution in [0.1, 0.15) is 12.5 Å². The molecule has 1 N–H and O–H groups in total. The Balaban J connectivity index is 0.00000162. The van der Waals surface area contributed by atoms with E-state index < -0.39 is 0 Å². The molecule has 19 heavy (non-hydrogen) atoms. The Morgan fingerprint density at radius 1 is 1.21 bits per heavy atom. The lowest BCUT2D eigenvalue weighted by Crippen LogP contribution is -2.49. The number of para-hydroxylation sites is 1. The van der Waals surface area contributed by atoms with Crippen LogP contribution in [-0.2, 0) is 0 Å². The molecule has 1 saturated heterocycles. The summed E-state index contributed by atoms with van der Waals surface area (Å²) in [6.07, 6.45) is 0. The Hall–Kier alpha value is -0.480. The molecule has 0 amide bonds. The first-order chi connectivity index (χ1) is 8.27. The van der Waals surface area contributed by atoms with Crippen LogP contribution in [0.5, 0.6) is 5.75 Å². The molecule has 1 aromatic rings. The third-order valence-electron chi connectivity index (χ3n) is 3.35. The minimum absolute atomic E-state index is 0. The number of hydrogen-bond donors (Lipinski definition) is 1. The van der Waals surface area contributed by atoms with Gasteiger partial charge in [0.15, 0.2) is 0 Å². The zero-order valence-electron chi connectivity index (χ0n) is 11.6. The van der Waals surface area contributed by atoms with Gasteiger partial charge in [0.1, 0.15) is 12.4 Å². The van der Waals surface area contributed by atoms with Gasteiger partial charge in [0.05, 0.1) is 0 Å². The smallest absolute Gasteiger partial charge is 0.122 e. The maximum absolute atomic E-state index is 5.89. The van der Waals surface area contributed by atoms with Crippen molar-refractivity contribution in [3.05, 3.63) is 29.8 Å². The average Bonchev–Trinajstić information content (AvgIpc) is 2.38. The molecule has 110 valence electrons. The molecule has 0 aromatic heterocycles. The quantitative estimate of drug-likeness (QED) is 0.925. The fourth-order valence-corrected chi connectivity index (χ4v) is 2.16. The number of benzene rings is 1. The summed E-state index contributed by atoms with van der Waals surface area (Å²) in [5.74, 6) is 1.01. The van der Waals surface area contributed by atoms with Crippen LogP contribution in [0, 0.1) is 6.92 Å². The van der Waals surface area contributed by atoms with Crippen LogP contribution in [0.25, 0.3) is 0 Å². The van der Waals surface area contributed by atoms with E-state index >= 15 is 0 Å². The summed E-state index contributed by atoms with van der Waals surface area (Å²) < 4.78 is 5.89. The summed E-state index contributed by atoms with van der Waals surface area (Å²) in [6.45, 7) is 9.53. The van der Waals surface area contributed by atoms with Gasteiger partial charge in [0, 0.05) is 32.2 Å². The Labute approximate surface area is 128 Å². The number of aryl methyl sites for hydroxylation is 1. The first kappa shape index (κ1) is 18.5. The predicted molar refractivity (Wildman–Crippen MR) is 85.1 cm³/mol. The fourth-order valence-electron chi connectivity index (χ4n) is 2.16. The minimum Gasteiger partial charge on any atom is -0.492 e. The van der Waals surface area contributed by atoms with Gasteiger partial charge >= 0.3 is 0 Å². The van der Waals surface area contributed by atoms with Crippen molar-refractivity contribution >= 4 is 24.8 Å². The highest BCUT2D eigenvalue weighted by Gasteiger charge is 2.16. The van der Waals surface area contributed by atoms with Crippen LogP contribution < -0.4 is 10.1 Å². The molecule has 1 aliphatic heterocycles. The molecule has 0 aliphatic carbocycles. The fraction of sp³-hybridized carbons (Fsp3) is 0.571. The van der Waals surface area contributed by atoms with Crippen molar-refractivity contribution in [1.82, 2.24) is 10.2 Å². The van der Waals surface area contributed by atoms with E-state index in [4.69, 9.17) is 4.74 Å².